The second-order valence-corrected chi connectivity index (χ2v) is 7.94. The van der Waals surface area contributed by atoms with E-state index in [4.69, 9.17) is 10.2 Å². The maximum absolute atomic E-state index is 13.0. The van der Waals surface area contributed by atoms with Crippen molar-refractivity contribution in [1.29, 1.82) is 0 Å². The van der Waals surface area contributed by atoms with Gasteiger partial charge in [-0.2, -0.15) is 0 Å². The molecule has 0 saturated carbocycles. The Hall–Kier alpha value is -3.92. The third kappa shape index (κ3) is 3.57. The molecule has 0 radical (unpaired) electrons. The average Bonchev–Trinajstić information content (AvgIpc) is 3.53. The van der Waals surface area contributed by atoms with Gasteiger partial charge < -0.3 is 14.6 Å². The van der Waals surface area contributed by atoms with Crippen LogP contribution in [0.2, 0.25) is 0 Å². The predicted octanol–water partition coefficient (Wildman–Crippen LogP) is 3.61. The number of nitrogens with two attached hydrogens (primary N) is 1. The first-order valence-electron chi connectivity index (χ1n) is 9.53. The lowest BCUT2D eigenvalue weighted by atomic mass is 10.1. The molecule has 0 amide bonds. The number of oxazole rings is 1. The number of aryl methyl sites for hydroxylation is 2. The summed E-state index contributed by atoms with van der Waals surface area (Å²) < 4.78 is 7.30. The summed E-state index contributed by atoms with van der Waals surface area (Å²) in [5.74, 6) is 0.124. The molecule has 5 heterocycles. The molecule has 0 aliphatic heterocycles. The minimum atomic E-state index is -0.193. The van der Waals surface area contributed by atoms with Gasteiger partial charge in [0.2, 0.25) is 5.89 Å². The van der Waals surface area contributed by atoms with Crippen LogP contribution in [0.5, 0.6) is 0 Å². The number of hydrogen-bond donors (Lipinski definition) is 1. The Morgan fingerprint density at radius 3 is 2.84 bits per heavy atom. The summed E-state index contributed by atoms with van der Waals surface area (Å²) >= 11 is 1.56. The third-order valence-electron chi connectivity index (χ3n) is 4.92. The third-order valence-corrected chi connectivity index (χ3v) is 5.72. The van der Waals surface area contributed by atoms with Crippen LogP contribution in [0.1, 0.15) is 27.5 Å². The largest absolute Gasteiger partial charge is 0.443 e. The Kier molecular flexibility index (Phi) is 4.75. The molecule has 0 atom stereocenters. The van der Waals surface area contributed by atoms with Gasteiger partial charge in [0.05, 0.1) is 17.4 Å². The number of nitrogen functional groups attached to an aromatic ring is 1. The van der Waals surface area contributed by atoms with Crippen molar-refractivity contribution < 1.29 is 9.21 Å². The molecule has 0 bridgehead atoms. The van der Waals surface area contributed by atoms with E-state index >= 15 is 0 Å². The van der Waals surface area contributed by atoms with Crippen molar-refractivity contribution in [1.82, 2.24) is 29.3 Å². The quantitative estimate of drug-likeness (QED) is 0.404. The Labute approximate surface area is 180 Å². The lowest BCUT2D eigenvalue weighted by Gasteiger charge is -2.11. The van der Waals surface area contributed by atoms with Crippen LogP contribution in [0.4, 0.5) is 5.82 Å². The van der Waals surface area contributed by atoms with Gasteiger partial charge >= 0.3 is 0 Å². The summed E-state index contributed by atoms with van der Waals surface area (Å²) in [5, 5.41) is 0. The van der Waals surface area contributed by atoms with Crippen LogP contribution in [0, 0.1) is 6.92 Å². The van der Waals surface area contributed by atoms with E-state index in [9.17, 15) is 4.79 Å². The minimum absolute atomic E-state index is 0.0423. The lowest BCUT2D eigenvalue weighted by Crippen LogP contribution is -2.12. The Morgan fingerprint density at radius 1 is 1.16 bits per heavy atom. The van der Waals surface area contributed by atoms with Gasteiger partial charge in [-0.1, -0.05) is 0 Å². The summed E-state index contributed by atoms with van der Waals surface area (Å²) in [7, 11) is 0. The number of aromatic nitrogens is 6. The normalized spacial score (nSPS) is 11.3. The van der Waals surface area contributed by atoms with Gasteiger partial charge in [-0.15, -0.1) is 11.3 Å². The van der Waals surface area contributed by atoms with Crippen LogP contribution >= 0.6 is 11.3 Å². The summed E-state index contributed by atoms with van der Waals surface area (Å²) in [6, 6.07) is 3.72. The van der Waals surface area contributed by atoms with Crippen molar-refractivity contribution in [2.75, 3.05) is 5.73 Å². The van der Waals surface area contributed by atoms with E-state index in [0.717, 1.165) is 21.8 Å². The van der Waals surface area contributed by atoms with Crippen LogP contribution in [-0.4, -0.2) is 35.1 Å². The van der Waals surface area contributed by atoms with Crippen molar-refractivity contribution in [3.05, 3.63) is 65.0 Å². The van der Waals surface area contributed by atoms with E-state index in [1.54, 1.807) is 23.0 Å². The number of carbonyl (C=O) groups excluding carboxylic acids is 1. The van der Waals surface area contributed by atoms with Gasteiger partial charge in [0.25, 0.3) is 0 Å². The number of ketones is 1. The highest BCUT2D eigenvalue weighted by Gasteiger charge is 2.22. The van der Waals surface area contributed by atoms with Crippen LogP contribution in [0.3, 0.4) is 0 Å². The van der Waals surface area contributed by atoms with Gasteiger partial charge in [0.1, 0.15) is 23.3 Å². The molecule has 10 heteroatoms. The SMILES string of the molecule is Cc1scnc1CCC(=O)c1nc(-c2ccc3nccn3c2)c(-c2ncco2)nc1N. The maximum Gasteiger partial charge on any atom is 0.247 e. The number of fused-ring (bicyclic) bond motifs is 1. The highest BCUT2D eigenvalue weighted by atomic mass is 32.1. The van der Waals surface area contributed by atoms with Crippen molar-refractivity contribution in [2.45, 2.75) is 19.8 Å². The number of hydrogen-bond acceptors (Lipinski definition) is 9. The first kappa shape index (κ1) is 19.1. The number of Topliss-reactive ketones (excluding diaryl/α,β-unsaturated/α-hetero) is 1. The van der Waals surface area contributed by atoms with Gasteiger partial charge in [-0.25, -0.2) is 24.9 Å². The lowest BCUT2D eigenvalue weighted by molar-refractivity contribution is 0.0978. The number of imidazole rings is 1. The van der Waals surface area contributed by atoms with Gasteiger partial charge in [0, 0.05) is 35.5 Å². The monoisotopic (exact) mass is 431 g/mol. The molecule has 0 aliphatic carbocycles. The van der Waals surface area contributed by atoms with E-state index in [1.807, 2.05) is 35.9 Å². The van der Waals surface area contributed by atoms with Crippen LogP contribution in [0.15, 0.2) is 53.1 Å². The first-order valence-corrected chi connectivity index (χ1v) is 10.4. The fourth-order valence-corrected chi connectivity index (χ4v) is 3.95. The molecule has 0 fully saturated rings. The van der Waals surface area contributed by atoms with E-state index in [1.165, 1.54) is 12.5 Å². The summed E-state index contributed by atoms with van der Waals surface area (Å²) in [5.41, 5.74) is 11.3. The topological polar surface area (TPSA) is 125 Å². The molecule has 5 aromatic rings. The number of thiazole rings is 1. The standard InChI is InChI=1S/C21H17N7O2S/c1-12-14(25-11-31-12)3-4-15(29)18-20(22)27-19(21-24-7-9-30-21)17(26-18)13-2-5-16-23-6-8-28(16)10-13/h2,5-11H,3-4H2,1H3,(H2,22,27). The van der Waals surface area contributed by atoms with Gasteiger partial charge in [-0.3, -0.25) is 4.79 Å². The van der Waals surface area contributed by atoms with Crippen LogP contribution in [-0.2, 0) is 6.42 Å². The van der Waals surface area contributed by atoms with E-state index in [2.05, 4.69) is 24.9 Å². The minimum Gasteiger partial charge on any atom is -0.443 e. The molecule has 154 valence electrons. The molecule has 0 spiro atoms. The van der Waals surface area contributed by atoms with E-state index in [-0.39, 0.29) is 29.6 Å². The summed E-state index contributed by atoms with van der Waals surface area (Å²) in [6.45, 7) is 1.99. The number of nitrogens with zero attached hydrogens (tertiary/aromatic N) is 6. The molecule has 9 nitrogen and oxygen atoms in total. The van der Waals surface area contributed by atoms with Crippen molar-refractivity contribution in [3.8, 4) is 22.8 Å². The van der Waals surface area contributed by atoms with E-state index in [0.29, 0.717) is 17.8 Å². The van der Waals surface area contributed by atoms with Crippen molar-refractivity contribution in [2.24, 2.45) is 0 Å². The Bertz CT molecular complexity index is 1390. The van der Waals surface area contributed by atoms with Crippen molar-refractivity contribution in [3.63, 3.8) is 0 Å². The fraction of sp³-hybridized carbons (Fsp3) is 0.143. The highest BCUT2D eigenvalue weighted by molar-refractivity contribution is 7.09. The molecule has 0 saturated heterocycles. The Morgan fingerprint density at radius 2 is 2.06 bits per heavy atom. The maximum atomic E-state index is 13.0. The van der Waals surface area contributed by atoms with Crippen molar-refractivity contribution >= 4 is 28.6 Å². The zero-order chi connectivity index (χ0) is 21.4. The highest BCUT2D eigenvalue weighted by Crippen LogP contribution is 2.30. The molecule has 0 aromatic carbocycles. The molecule has 5 rings (SSSR count). The fourth-order valence-electron chi connectivity index (χ4n) is 3.32. The van der Waals surface area contributed by atoms with E-state index < -0.39 is 0 Å². The second-order valence-electron chi connectivity index (χ2n) is 6.88. The molecular weight excluding hydrogens is 414 g/mol. The summed E-state index contributed by atoms with van der Waals surface area (Å²) in [4.78, 5) is 35.9. The smallest absolute Gasteiger partial charge is 0.247 e. The summed E-state index contributed by atoms with van der Waals surface area (Å²) in [6.07, 6.45) is 9.13. The van der Waals surface area contributed by atoms with Crippen LogP contribution in [0.25, 0.3) is 28.5 Å². The number of anilines is 1. The zero-order valence-corrected chi connectivity index (χ0v) is 17.3. The molecule has 5 aromatic heterocycles. The number of carbonyl (C=O) groups is 1. The zero-order valence-electron chi connectivity index (χ0n) is 16.5. The second kappa shape index (κ2) is 7.73. The molecule has 0 aliphatic rings. The molecular formula is C21H17N7O2S. The molecule has 31 heavy (non-hydrogen) atoms. The number of pyridine rings is 1. The van der Waals surface area contributed by atoms with Crippen LogP contribution < -0.4 is 5.73 Å². The predicted molar refractivity (Wildman–Crippen MR) is 116 cm³/mol. The molecule has 0 unspecified atom stereocenters. The van der Waals surface area contributed by atoms with Gasteiger partial charge in [-0.05, 0) is 25.5 Å². The first-order chi connectivity index (χ1) is 15.1. The Balaban J connectivity index is 1.57. The van der Waals surface area contributed by atoms with Gasteiger partial charge in [0.15, 0.2) is 17.3 Å². The molecule has 2 N–H and O–H groups in total. The average molecular weight is 431 g/mol. The number of rotatable bonds is 6.